The molecule has 12 aromatic rings. The van der Waals surface area contributed by atoms with Crippen LogP contribution in [0.4, 0.5) is 45.5 Å². The Morgan fingerprint density at radius 3 is 1.20 bits per heavy atom. The van der Waals surface area contributed by atoms with E-state index < -0.39 is 0 Å². The van der Waals surface area contributed by atoms with E-state index in [1.807, 2.05) is 0 Å². The van der Waals surface area contributed by atoms with Gasteiger partial charge in [-0.25, -0.2) is 0 Å². The van der Waals surface area contributed by atoms with Gasteiger partial charge >= 0.3 is 0 Å². The fraction of sp³-hybridized carbons (Fsp3) is 0.100. The Kier molecular flexibility index (Phi) is 13.1. The molecule has 3 nitrogen and oxygen atoms in total. The van der Waals surface area contributed by atoms with E-state index in [0.29, 0.717) is 0 Å². The maximum absolute atomic E-state index is 2.58. The summed E-state index contributed by atoms with van der Waals surface area (Å²) in [4.78, 5) is 7.71. The largest absolute Gasteiger partial charge is 0.314 e. The van der Waals surface area contributed by atoms with Crippen LogP contribution in [-0.4, -0.2) is 0 Å². The van der Waals surface area contributed by atoms with Crippen LogP contribution in [0.5, 0.6) is 0 Å². The molecule has 14 rings (SSSR count). The maximum atomic E-state index is 2.58. The lowest BCUT2D eigenvalue weighted by Crippen LogP contribution is -2.19. The van der Waals surface area contributed by atoms with Crippen LogP contribution in [0.15, 0.2) is 290 Å². The standard InChI is InChI=1S/C80H65N3/c1-54-37-43-60(44-38-54)81(75-34-20-16-29-64(75)57-23-9-6-10-24-57)63-49-50-68-70(51-63)79(83(62-47-41-56(3)42-48-62)77-36-22-18-31-66(77)59-27-13-8-14-28-59)71-52-69-67-32-15-19-33-73(67)80(4,5)74(69)53-72(71)78(68)82(61-45-39-55(2)40-46-61)76-35-21-17-30-65(76)58-25-11-7-12-26-58/h6-37,39-43,45-53H,38,44H2,1-5H3. The van der Waals surface area contributed by atoms with Crippen molar-refractivity contribution in [3.05, 3.63) is 313 Å². The lowest BCUT2D eigenvalue weighted by atomic mass is 9.81. The van der Waals surface area contributed by atoms with Gasteiger partial charge in [0.1, 0.15) is 0 Å². The zero-order chi connectivity index (χ0) is 56.2. The van der Waals surface area contributed by atoms with Gasteiger partial charge in [-0.2, -0.15) is 0 Å². The van der Waals surface area contributed by atoms with Crippen LogP contribution >= 0.6 is 0 Å². The highest BCUT2D eigenvalue weighted by atomic mass is 15.2. The van der Waals surface area contributed by atoms with Crippen LogP contribution < -0.4 is 14.7 Å². The van der Waals surface area contributed by atoms with Gasteiger partial charge in [0.25, 0.3) is 0 Å². The molecule has 400 valence electrons. The highest BCUT2D eigenvalue weighted by Crippen LogP contribution is 2.58. The Labute approximate surface area is 489 Å². The van der Waals surface area contributed by atoms with Gasteiger partial charge in [0.15, 0.2) is 0 Å². The van der Waals surface area contributed by atoms with Crippen LogP contribution in [0.1, 0.15) is 55.9 Å². The third-order valence-electron chi connectivity index (χ3n) is 17.3. The Hall–Kier alpha value is -9.96. The van der Waals surface area contributed by atoms with Gasteiger partial charge in [0.2, 0.25) is 0 Å². The van der Waals surface area contributed by atoms with Crippen LogP contribution in [0.3, 0.4) is 0 Å². The first-order valence-electron chi connectivity index (χ1n) is 29.2. The van der Waals surface area contributed by atoms with Gasteiger partial charge in [-0.1, -0.05) is 237 Å². The Balaban J connectivity index is 1.20. The molecule has 0 amide bonds. The van der Waals surface area contributed by atoms with Crippen molar-refractivity contribution in [2.45, 2.75) is 52.9 Å². The van der Waals surface area contributed by atoms with E-state index in [2.05, 4.69) is 328 Å². The summed E-state index contributed by atoms with van der Waals surface area (Å²) < 4.78 is 0. The lowest BCUT2D eigenvalue weighted by Gasteiger charge is -2.36. The van der Waals surface area contributed by atoms with Crippen LogP contribution in [0.2, 0.25) is 0 Å². The van der Waals surface area contributed by atoms with Gasteiger partial charge < -0.3 is 14.7 Å². The summed E-state index contributed by atoms with van der Waals surface area (Å²) in [5, 5.41) is 4.57. The number of nitrogens with zero attached hydrogens (tertiary/aromatic N) is 3. The topological polar surface area (TPSA) is 9.72 Å². The molecule has 0 bridgehead atoms. The van der Waals surface area contributed by atoms with E-state index in [1.165, 1.54) is 61.2 Å². The molecule has 0 fully saturated rings. The Morgan fingerprint density at radius 1 is 0.301 bits per heavy atom. The SMILES string of the molecule is CC1=CC=C(N(c2ccc3c(N(c4ccc(C)cc4)c4ccccc4-c4ccccc4)c4cc5c(cc4c(N(c4ccc(C)cc4)c4ccccc4-c4ccccc4)c3c2)-c2ccccc2C5(C)C)c2ccccc2-c2ccccc2)CC1. The minimum Gasteiger partial charge on any atom is -0.314 e. The van der Waals surface area contributed by atoms with E-state index in [1.54, 1.807) is 0 Å². The van der Waals surface area contributed by atoms with E-state index in [0.717, 1.165) is 96.8 Å². The van der Waals surface area contributed by atoms with Crippen molar-refractivity contribution >= 4 is 67.0 Å². The number of hydrogen-bond acceptors (Lipinski definition) is 3. The van der Waals surface area contributed by atoms with Crippen LogP contribution in [0, 0.1) is 13.8 Å². The number of para-hydroxylation sites is 3. The van der Waals surface area contributed by atoms with Gasteiger partial charge in [0.05, 0.1) is 28.4 Å². The highest BCUT2D eigenvalue weighted by molar-refractivity contribution is 6.25. The monoisotopic (exact) mass is 1070 g/mol. The van der Waals surface area contributed by atoms with E-state index in [-0.39, 0.29) is 5.41 Å². The predicted octanol–water partition coefficient (Wildman–Crippen LogP) is 22.6. The molecule has 0 unspecified atom stereocenters. The lowest BCUT2D eigenvalue weighted by molar-refractivity contribution is 0.661. The average molecular weight is 1070 g/mol. The number of aryl methyl sites for hydroxylation is 2. The number of hydrogen-bond donors (Lipinski definition) is 0. The zero-order valence-electron chi connectivity index (χ0n) is 47.8. The van der Waals surface area contributed by atoms with Crippen molar-refractivity contribution < 1.29 is 0 Å². The molecule has 0 spiro atoms. The third-order valence-corrected chi connectivity index (χ3v) is 17.3. The second kappa shape index (κ2) is 21.2. The molecule has 83 heavy (non-hydrogen) atoms. The molecule has 0 saturated carbocycles. The zero-order valence-corrected chi connectivity index (χ0v) is 47.8. The molecule has 2 aliphatic carbocycles. The molecule has 0 radical (unpaired) electrons. The molecular weight excluding hydrogens is 1000 g/mol. The number of allylic oxidation sites excluding steroid dienone is 4. The second-order valence-corrected chi connectivity index (χ2v) is 23.0. The molecule has 12 aromatic carbocycles. The molecule has 0 aromatic heterocycles. The summed E-state index contributed by atoms with van der Waals surface area (Å²) in [7, 11) is 0. The summed E-state index contributed by atoms with van der Waals surface area (Å²) in [6, 6.07) is 99.5. The first kappa shape index (κ1) is 51.2. The number of rotatable bonds is 12. The number of fused-ring (bicyclic) bond motifs is 5. The van der Waals surface area contributed by atoms with E-state index in [4.69, 9.17) is 0 Å². The fourth-order valence-corrected chi connectivity index (χ4v) is 13.1. The summed E-state index contributed by atoms with van der Waals surface area (Å²) in [5.41, 5.74) is 25.8. The minimum atomic E-state index is -0.281. The van der Waals surface area contributed by atoms with Crippen LogP contribution in [-0.2, 0) is 5.41 Å². The van der Waals surface area contributed by atoms with Crippen molar-refractivity contribution in [2.75, 3.05) is 14.7 Å². The first-order valence-corrected chi connectivity index (χ1v) is 29.2. The van der Waals surface area contributed by atoms with Gasteiger partial charge in [-0.15, -0.1) is 0 Å². The van der Waals surface area contributed by atoms with Gasteiger partial charge in [-0.3, -0.25) is 0 Å². The minimum absolute atomic E-state index is 0.281. The first-order chi connectivity index (χ1) is 40.7. The summed E-state index contributed by atoms with van der Waals surface area (Å²) in [6.07, 6.45) is 6.56. The maximum Gasteiger partial charge on any atom is 0.0621 e. The molecule has 0 saturated heterocycles. The van der Waals surface area contributed by atoms with Crippen LogP contribution in [0.25, 0.3) is 66.1 Å². The average Bonchev–Trinajstić information content (AvgIpc) is 3.45. The molecule has 2 aliphatic rings. The Bertz CT molecular complexity index is 4480. The number of anilines is 8. The summed E-state index contributed by atoms with van der Waals surface area (Å²) in [5.74, 6) is 0. The normalized spacial score (nSPS) is 13.3. The van der Waals surface area contributed by atoms with Gasteiger partial charge in [-0.05, 0) is 145 Å². The fourth-order valence-electron chi connectivity index (χ4n) is 13.1. The number of benzene rings is 12. The van der Waals surface area contributed by atoms with Crippen molar-refractivity contribution in [2.24, 2.45) is 0 Å². The molecule has 0 heterocycles. The molecule has 0 aliphatic heterocycles. The third kappa shape index (κ3) is 9.10. The predicted molar refractivity (Wildman–Crippen MR) is 354 cm³/mol. The summed E-state index contributed by atoms with van der Waals surface area (Å²) >= 11 is 0. The molecular formula is C80H65N3. The second-order valence-electron chi connectivity index (χ2n) is 23.0. The highest BCUT2D eigenvalue weighted by Gasteiger charge is 2.38. The van der Waals surface area contributed by atoms with Crippen molar-refractivity contribution in [1.29, 1.82) is 0 Å². The van der Waals surface area contributed by atoms with E-state index >= 15 is 0 Å². The quantitative estimate of drug-likeness (QED) is 0.0892. The van der Waals surface area contributed by atoms with E-state index in [9.17, 15) is 0 Å². The molecule has 0 N–H and O–H groups in total. The van der Waals surface area contributed by atoms with Crippen molar-refractivity contribution in [3.63, 3.8) is 0 Å². The van der Waals surface area contributed by atoms with Crippen molar-refractivity contribution in [1.82, 2.24) is 0 Å². The smallest absolute Gasteiger partial charge is 0.0621 e. The van der Waals surface area contributed by atoms with Gasteiger partial charge in [0, 0.05) is 66.4 Å². The molecule has 3 heteroatoms. The Morgan fingerprint density at radius 2 is 0.711 bits per heavy atom. The summed E-state index contributed by atoms with van der Waals surface area (Å²) in [6.45, 7) is 11.4. The molecule has 0 atom stereocenters. The van der Waals surface area contributed by atoms with Crippen molar-refractivity contribution in [3.8, 4) is 44.5 Å².